The Hall–Kier alpha value is -2.43. The van der Waals surface area contributed by atoms with Gasteiger partial charge in [0.15, 0.2) is 5.82 Å². The fraction of sp³-hybridized carbons (Fsp3) is 0.545. The van der Waals surface area contributed by atoms with E-state index in [1.807, 2.05) is 0 Å². The fourth-order valence-electron chi connectivity index (χ4n) is 3.91. The van der Waals surface area contributed by atoms with Crippen molar-refractivity contribution < 1.29 is 22.6 Å². The van der Waals surface area contributed by atoms with Gasteiger partial charge in [-0.2, -0.15) is 13.2 Å². The van der Waals surface area contributed by atoms with Crippen LogP contribution in [0.1, 0.15) is 11.1 Å². The molecule has 0 saturated carbocycles. The van der Waals surface area contributed by atoms with Crippen LogP contribution in [0.25, 0.3) is 0 Å². The van der Waals surface area contributed by atoms with Crippen LogP contribution in [0.15, 0.2) is 36.7 Å². The SMILES string of the molecule is FC(F)(F)c1ccc(CN2CCN(c3nccnc3OCCN3CCOCC3)CC2)cc1. The summed E-state index contributed by atoms with van der Waals surface area (Å²) in [7, 11) is 0. The molecule has 0 spiro atoms. The van der Waals surface area contributed by atoms with Gasteiger partial charge in [-0.25, -0.2) is 9.97 Å². The summed E-state index contributed by atoms with van der Waals surface area (Å²) >= 11 is 0. The molecule has 10 heteroatoms. The lowest BCUT2D eigenvalue weighted by Crippen LogP contribution is -2.46. The van der Waals surface area contributed by atoms with Crippen LogP contribution in [0.2, 0.25) is 0 Å². The normalized spacial score (nSPS) is 18.7. The molecule has 0 aliphatic carbocycles. The van der Waals surface area contributed by atoms with Crippen molar-refractivity contribution in [2.24, 2.45) is 0 Å². The molecule has 174 valence electrons. The molecule has 1 aromatic carbocycles. The number of nitrogens with zero attached hydrogens (tertiary/aromatic N) is 5. The Kier molecular flexibility index (Phi) is 7.44. The summed E-state index contributed by atoms with van der Waals surface area (Å²) < 4.78 is 49.5. The van der Waals surface area contributed by atoms with Crippen LogP contribution in [0, 0.1) is 0 Å². The van der Waals surface area contributed by atoms with Gasteiger partial charge in [-0.05, 0) is 17.7 Å². The second kappa shape index (κ2) is 10.5. The Labute approximate surface area is 185 Å². The van der Waals surface area contributed by atoms with Gasteiger partial charge >= 0.3 is 6.18 Å². The number of rotatable bonds is 7. The lowest BCUT2D eigenvalue weighted by atomic mass is 10.1. The topological polar surface area (TPSA) is 54.0 Å². The minimum Gasteiger partial charge on any atom is -0.474 e. The average Bonchev–Trinajstić information content (AvgIpc) is 2.81. The third-order valence-electron chi connectivity index (χ3n) is 5.76. The van der Waals surface area contributed by atoms with Gasteiger partial charge in [0.2, 0.25) is 0 Å². The van der Waals surface area contributed by atoms with Crippen LogP contribution in [0.5, 0.6) is 5.88 Å². The molecule has 0 radical (unpaired) electrons. The minimum atomic E-state index is -4.30. The third-order valence-corrected chi connectivity index (χ3v) is 5.76. The lowest BCUT2D eigenvalue weighted by molar-refractivity contribution is -0.137. The second-order valence-electron chi connectivity index (χ2n) is 7.95. The fourth-order valence-corrected chi connectivity index (χ4v) is 3.91. The molecule has 0 N–H and O–H groups in total. The number of hydrogen-bond acceptors (Lipinski definition) is 7. The van der Waals surface area contributed by atoms with Gasteiger partial charge in [0.05, 0.1) is 18.8 Å². The van der Waals surface area contributed by atoms with E-state index in [4.69, 9.17) is 9.47 Å². The first-order valence-corrected chi connectivity index (χ1v) is 10.9. The van der Waals surface area contributed by atoms with Crippen molar-refractivity contribution in [3.05, 3.63) is 47.8 Å². The van der Waals surface area contributed by atoms with Crippen molar-refractivity contribution in [1.82, 2.24) is 19.8 Å². The van der Waals surface area contributed by atoms with Crippen molar-refractivity contribution in [3.63, 3.8) is 0 Å². The summed E-state index contributed by atoms with van der Waals surface area (Å²) in [5.74, 6) is 1.28. The zero-order valence-electron chi connectivity index (χ0n) is 17.9. The summed E-state index contributed by atoms with van der Waals surface area (Å²) in [6.07, 6.45) is -1.00. The van der Waals surface area contributed by atoms with Crippen molar-refractivity contribution in [3.8, 4) is 5.88 Å². The number of morpholine rings is 1. The maximum atomic E-state index is 12.7. The van der Waals surface area contributed by atoms with Crippen molar-refractivity contribution in [2.45, 2.75) is 12.7 Å². The minimum absolute atomic E-state index is 0.539. The number of ether oxygens (including phenoxy) is 2. The van der Waals surface area contributed by atoms with Crippen LogP contribution >= 0.6 is 0 Å². The van der Waals surface area contributed by atoms with Gasteiger partial charge in [-0.3, -0.25) is 9.80 Å². The lowest BCUT2D eigenvalue weighted by Gasteiger charge is -2.35. The van der Waals surface area contributed by atoms with E-state index in [9.17, 15) is 13.2 Å². The molecule has 2 aromatic rings. The van der Waals surface area contributed by atoms with Crippen LogP contribution in [0.4, 0.5) is 19.0 Å². The number of benzene rings is 1. The molecule has 7 nitrogen and oxygen atoms in total. The van der Waals surface area contributed by atoms with Gasteiger partial charge in [0.25, 0.3) is 5.88 Å². The highest BCUT2D eigenvalue weighted by Gasteiger charge is 2.30. The van der Waals surface area contributed by atoms with E-state index in [0.29, 0.717) is 19.0 Å². The number of anilines is 1. The van der Waals surface area contributed by atoms with E-state index >= 15 is 0 Å². The number of halogens is 3. The van der Waals surface area contributed by atoms with E-state index in [1.54, 1.807) is 24.5 Å². The summed E-state index contributed by atoms with van der Waals surface area (Å²) in [4.78, 5) is 15.6. The van der Waals surface area contributed by atoms with E-state index in [1.165, 1.54) is 0 Å². The largest absolute Gasteiger partial charge is 0.474 e. The van der Waals surface area contributed by atoms with Gasteiger partial charge in [0, 0.05) is 64.8 Å². The molecular weight excluding hydrogens is 423 g/mol. The van der Waals surface area contributed by atoms with Crippen molar-refractivity contribution in [2.75, 3.05) is 70.5 Å². The highest BCUT2D eigenvalue weighted by Crippen LogP contribution is 2.29. The number of aromatic nitrogens is 2. The maximum absolute atomic E-state index is 12.7. The second-order valence-corrected chi connectivity index (χ2v) is 7.95. The predicted molar refractivity (Wildman–Crippen MR) is 114 cm³/mol. The maximum Gasteiger partial charge on any atom is 0.416 e. The molecular formula is C22H28F3N5O2. The van der Waals surface area contributed by atoms with Gasteiger partial charge in [-0.1, -0.05) is 12.1 Å². The van der Waals surface area contributed by atoms with Gasteiger partial charge in [-0.15, -0.1) is 0 Å². The highest BCUT2D eigenvalue weighted by molar-refractivity contribution is 5.48. The Morgan fingerprint density at radius 1 is 0.875 bits per heavy atom. The summed E-state index contributed by atoms with van der Waals surface area (Å²) in [5, 5.41) is 0. The molecule has 2 aliphatic rings. The first kappa shape index (κ1) is 22.8. The van der Waals surface area contributed by atoms with Crippen LogP contribution < -0.4 is 9.64 Å². The Bertz CT molecular complexity index is 851. The summed E-state index contributed by atoms with van der Waals surface area (Å²) in [5.41, 5.74) is 0.257. The highest BCUT2D eigenvalue weighted by atomic mass is 19.4. The average molecular weight is 451 g/mol. The van der Waals surface area contributed by atoms with Crippen LogP contribution in [-0.2, 0) is 17.5 Å². The molecule has 0 amide bonds. The first-order valence-electron chi connectivity index (χ1n) is 10.9. The first-order chi connectivity index (χ1) is 15.5. The molecule has 2 fully saturated rings. The van der Waals surface area contributed by atoms with E-state index in [-0.39, 0.29) is 0 Å². The smallest absolute Gasteiger partial charge is 0.416 e. The Morgan fingerprint density at radius 3 is 2.25 bits per heavy atom. The van der Waals surface area contributed by atoms with Crippen molar-refractivity contribution >= 4 is 5.82 Å². The number of hydrogen-bond donors (Lipinski definition) is 0. The summed E-state index contributed by atoms with van der Waals surface area (Å²) in [6, 6.07) is 5.40. The molecule has 2 saturated heterocycles. The Morgan fingerprint density at radius 2 is 1.56 bits per heavy atom. The molecule has 2 aliphatic heterocycles. The molecule has 0 bridgehead atoms. The number of alkyl halides is 3. The van der Waals surface area contributed by atoms with E-state index in [0.717, 1.165) is 82.5 Å². The van der Waals surface area contributed by atoms with E-state index < -0.39 is 11.7 Å². The molecule has 0 unspecified atom stereocenters. The zero-order chi connectivity index (χ0) is 22.4. The van der Waals surface area contributed by atoms with Gasteiger partial charge < -0.3 is 14.4 Å². The summed E-state index contributed by atoms with van der Waals surface area (Å²) in [6.45, 7) is 8.39. The standard InChI is InChI=1S/C22H28F3N5O2/c23-22(24,25)19-3-1-18(2-4-19)17-29-7-9-30(10-8-29)20-21(27-6-5-26-20)32-16-13-28-11-14-31-15-12-28/h1-6H,7-17H2. The van der Waals surface area contributed by atoms with Crippen LogP contribution in [0.3, 0.4) is 0 Å². The van der Waals surface area contributed by atoms with Crippen LogP contribution in [-0.4, -0.2) is 85.4 Å². The molecule has 0 atom stereocenters. The monoisotopic (exact) mass is 451 g/mol. The molecule has 4 rings (SSSR count). The quantitative estimate of drug-likeness (QED) is 0.641. The predicted octanol–water partition coefficient (Wildman–Crippen LogP) is 2.53. The van der Waals surface area contributed by atoms with Crippen molar-refractivity contribution in [1.29, 1.82) is 0 Å². The van der Waals surface area contributed by atoms with E-state index in [2.05, 4.69) is 24.7 Å². The third kappa shape index (κ3) is 6.08. The molecule has 32 heavy (non-hydrogen) atoms. The number of piperazine rings is 1. The zero-order valence-corrected chi connectivity index (χ0v) is 17.9. The van der Waals surface area contributed by atoms with Gasteiger partial charge in [0.1, 0.15) is 6.61 Å². The molecule has 1 aromatic heterocycles. The Balaban J connectivity index is 1.27. The molecule has 3 heterocycles.